The molecule has 134 valence electrons. The molecule has 3 rings (SSSR count). The number of fused-ring (bicyclic) bond motifs is 1. The molecule has 0 saturated heterocycles. The number of benzene rings is 2. The molecule has 2 aromatic rings. The molecule has 0 N–H and O–H groups in total. The summed E-state index contributed by atoms with van der Waals surface area (Å²) in [6.07, 6.45) is 2.40. The zero-order chi connectivity index (χ0) is 18.2. The number of nitrogens with zero attached hydrogens (tertiary/aromatic N) is 1. The van der Waals surface area contributed by atoms with Crippen LogP contribution in [0.5, 0.6) is 0 Å². The van der Waals surface area contributed by atoms with Crippen molar-refractivity contribution in [1.29, 1.82) is 0 Å². The number of sulfonamides is 1. The lowest BCUT2D eigenvalue weighted by Gasteiger charge is -2.36. The fourth-order valence-electron chi connectivity index (χ4n) is 3.42. The van der Waals surface area contributed by atoms with Gasteiger partial charge in [-0.05, 0) is 67.5 Å². The monoisotopic (exact) mass is 361 g/mol. The molecule has 0 radical (unpaired) electrons. The highest BCUT2D eigenvalue weighted by Gasteiger charge is 2.34. The van der Waals surface area contributed by atoms with Crippen LogP contribution in [0.25, 0.3) is 0 Å². The first-order chi connectivity index (χ1) is 11.8. The summed E-state index contributed by atoms with van der Waals surface area (Å²) in [6, 6.07) is 11.3. The van der Waals surface area contributed by atoms with Gasteiger partial charge in [-0.3, -0.25) is 4.31 Å². The molecule has 1 aliphatic rings. The maximum atomic E-state index is 13.7. The van der Waals surface area contributed by atoms with Crippen molar-refractivity contribution in [2.75, 3.05) is 4.31 Å². The first-order valence-electron chi connectivity index (χ1n) is 8.71. The average molecular weight is 361 g/mol. The van der Waals surface area contributed by atoms with Crippen LogP contribution in [0.3, 0.4) is 0 Å². The molecule has 0 spiro atoms. The fourth-order valence-corrected chi connectivity index (χ4v) is 5.14. The van der Waals surface area contributed by atoms with Crippen molar-refractivity contribution in [3.05, 3.63) is 59.4 Å². The van der Waals surface area contributed by atoms with E-state index >= 15 is 0 Å². The van der Waals surface area contributed by atoms with Crippen molar-refractivity contribution < 1.29 is 12.8 Å². The quantitative estimate of drug-likeness (QED) is 0.801. The number of rotatable bonds is 4. The van der Waals surface area contributed by atoms with Crippen LogP contribution < -0.4 is 4.31 Å². The minimum absolute atomic E-state index is 0.199. The fraction of sp³-hybridized carbons (Fsp3) is 0.400. The summed E-state index contributed by atoms with van der Waals surface area (Å²) in [6.45, 7) is 6.13. The number of hydrogen-bond acceptors (Lipinski definition) is 2. The van der Waals surface area contributed by atoms with Gasteiger partial charge >= 0.3 is 0 Å². The molecule has 5 heteroatoms. The standard InChI is InChI=1S/C20H24FNO2S/c1-14(2)12-16-5-10-19(11-6-16)25(23,24)22-15(3)4-7-17-8-9-18(21)13-20(17)22/h5-6,8-11,13-15H,4,7,12H2,1-3H3. The van der Waals surface area contributed by atoms with Crippen LogP contribution in [-0.4, -0.2) is 14.5 Å². The molecular formula is C20H24FNO2S. The topological polar surface area (TPSA) is 37.4 Å². The number of halogens is 1. The van der Waals surface area contributed by atoms with Crippen molar-refractivity contribution in [3.8, 4) is 0 Å². The van der Waals surface area contributed by atoms with Gasteiger partial charge in [0.25, 0.3) is 10.0 Å². The zero-order valence-electron chi connectivity index (χ0n) is 14.9. The van der Waals surface area contributed by atoms with Gasteiger partial charge in [0.2, 0.25) is 0 Å². The Labute approximate surface area is 149 Å². The third kappa shape index (κ3) is 3.56. The molecule has 0 saturated carbocycles. The highest BCUT2D eigenvalue weighted by atomic mass is 32.2. The molecule has 0 aliphatic carbocycles. The van der Waals surface area contributed by atoms with Gasteiger partial charge in [-0.25, -0.2) is 12.8 Å². The van der Waals surface area contributed by atoms with E-state index in [1.807, 2.05) is 19.1 Å². The van der Waals surface area contributed by atoms with Crippen LogP contribution in [0, 0.1) is 11.7 Å². The predicted molar refractivity (Wildman–Crippen MR) is 98.8 cm³/mol. The van der Waals surface area contributed by atoms with Gasteiger partial charge in [-0.15, -0.1) is 0 Å². The van der Waals surface area contributed by atoms with E-state index in [9.17, 15) is 12.8 Å². The molecule has 0 bridgehead atoms. The van der Waals surface area contributed by atoms with Crippen molar-refractivity contribution in [3.63, 3.8) is 0 Å². The van der Waals surface area contributed by atoms with E-state index in [0.717, 1.165) is 30.4 Å². The van der Waals surface area contributed by atoms with Crippen molar-refractivity contribution in [2.24, 2.45) is 5.92 Å². The van der Waals surface area contributed by atoms with Crippen molar-refractivity contribution >= 4 is 15.7 Å². The van der Waals surface area contributed by atoms with Gasteiger partial charge < -0.3 is 0 Å². The first-order valence-corrected chi connectivity index (χ1v) is 10.1. The van der Waals surface area contributed by atoms with E-state index in [4.69, 9.17) is 0 Å². The predicted octanol–water partition coefficient (Wildman–Crippen LogP) is 4.55. The number of aryl methyl sites for hydroxylation is 1. The van der Waals surface area contributed by atoms with E-state index in [-0.39, 0.29) is 10.9 Å². The van der Waals surface area contributed by atoms with E-state index in [1.54, 1.807) is 18.2 Å². The Morgan fingerprint density at radius 2 is 1.84 bits per heavy atom. The average Bonchev–Trinajstić information content (AvgIpc) is 2.54. The van der Waals surface area contributed by atoms with E-state index in [2.05, 4.69) is 13.8 Å². The molecule has 25 heavy (non-hydrogen) atoms. The Bertz CT molecular complexity index is 860. The zero-order valence-corrected chi connectivity index (χ0v) is 15.7. The largest absolute Gasteiger partial charge is 0.264 e. The minimum Gasteiger partial charge on any atom is -0.263 e. The molecule has 3 nitrogen and oxygen atoms in total. The van der Waals surface area contributed by atoms with Crippen LogP contribution in [-0.2, 0) is 22.9 Å². The van der Waals surface area contributed by atoms with Crippen LogP contribution >= 0.6 is 0 Å². The summed E-state index contributed by atoms with van der Waals surface area (Å²) in [5.74, 6) is 0.0970. The Kier molecular flexibility index (Phi) is 4.87. The molecule has 2 aromatic carbocycles. The molecular weight excluding hydrogens is 337 g/mol. The Hall–Kier alpha value is -1.88. The number of anilines is 1. The lowest BCUT2D eigenvalue weighted by Crippen LogP contribution is -2.42. The van der Waals surface area contributed by atoms with Crippen LogP contribution in [0.1, 0.15) is 38.3 Å². The molecule has 1 heterocycles. The molecule has 0 aromatic heterocycles. The second-order valence-electron chi connectivity index (χ2n) is 7.20. The lowest BCUT2D eigenvalue weighted by molar-refractivity contribution is 0.560. The summed E-state index contributed by atoms with van der Waals surface area (Å²) >= 11 is 0. The molecule has 1 unspecified atom stereocenters. The second-order valence-corrected chi connectivity index (χ2v) is 9.02. The third-order valence-electron chi connectivity index (χ3n) is 4.64. The normalized spacial score (nSPS) is 17.6. The molecule has 0 amide bonds. The first kappa shape index (κ1) is 17.9. The van der Waals surface area contributed by atoms with Gasteiger partial charge in [0.1, 0.15) is 5.82 Å². The van der Waals surface area contributed by atoms with Gasteiger partial charge in [-0.2, -0.15) is 0 Å². The minimum atomic E-state index is -3.72. The van der Waals surface area contributed by atoms with Gasteiger partial charge in [0, 0.05) is 6.04 Å². The maximum absolute atomic E-state index is 13.7. The molecule has 1 aliphatic heterocycles. The summed E-state index contributed by atoms with van der Waals surface area (Å²) in [5, 5.41) is 0. The highest BCUT2D eigenvalue weighted by Crippen LogP contribution is 2.35. The second kappa shape index (κ2) is 6.79. The highest BCUT2D eigenvalue weighted by molar-refractivity contribution is 7.92. The summed E-state index contributed by atoms with van der Waals surface area (Å²) in [4.78, 5) is 0.254. The Balaban J connectivity index is 2.01. The van der Waals surface area contributed by atoms with Crippen LogP contribution in [0.2, 0.25) is 0 Å². The van der Waals surface area contributed by atoms with Crippen molar-refractivity contribution in [1.82, 2.24) is 0 Å². The third-order valence-corrected chi connectivity index (χ3v) is 6.58. The number of hydrogen-bond donors (Lipinski definition) is 0. The SMILES string of the molecule is CC(C)Cc1ccc(S(=O)(=O)N2c3cc(F)ccc3CCC2C)cc1. The lowest BCUT2D eigenvalue weighted by atomic mass is 9.99. The Morgan fingerprint density at radius 3 is 2.48 bits per heavy atom. The van der Waals surface area contributed by atoms with Crippen LogP contribution in [0.4, 0.5) is 10.1 Å². The molecule has 0 fully saturated rings. The summed E-state index contributed by atoms with van der Waals surface area (Å²) in [7, 11) is -3.72. The van der Waals surface area contributed by atoms with E-state index in [1.165, 1.54) is 16.4 Å². The van der Waals surface area contributed by atoms with Crippen LogP contribution in [0.15, 0.2) is 47.4 Å². The van der Waals surface area contributed by atoms with E-state index < -0.39 is 15.8 Å². The Morgan fingerprint density at radius 1 is 1.16 bits per heavy atom. The van der Waals surface area contributed by atoms with Gasteiger partial charge in [-0.1, -0.05) is 32.0 Å². The summed E-state index contributed by atoms with van der Waals surface area (Å²) in [5.41, 5.74) is 2.46. The van der Waals surface area contributed by atoms with E-state index in [0.29, 0.717) is 11.6 Å². The summed E-state index contributed by atoms with van der Waals surface area (Å²) < 4.78 is 41.5. The smallest absolute Gasteiger partial charge is 0.263 e. The van der Waals surface area contributed by atoms with Gasteiger partial charge in [0.15, 0.2) is 0 Å². The van der Waals surface area contributed by atoms with Crippen molar-refractivity contribution in [2.45, 2.75) is 51.0 Å². The molecule has 1 atom stereocenters. The van der Waals surface area contributed by atoms with Gasteiger partial charge in [0.05, 0.1) is 10.6 Å². The maximum Gasteiger partial charge on any atom is 0.264 e.